The van der Waals surface area contributed by atoms with Crippen molar-refractivity contribution in [3.63, 3.8) is 0 Å². The molecule has 1 heterocycles. The Bertz CT molecular complexity index is 138. The van der Waals surface area contributed by atoms with Crippen LogP contribution in [0.5, 0.6) is 0 Å². The number of rotatable bonds is 0. The summed E-state index contributed by atoms with van der Waals surface area (Å²) < 4.78 is 5.39. The summed E-state index contributed by atoms with van der Waals surface area (Å²) in [6, 6.07) is 0. The van der Waals surface area contributed by atoms with Crippen molar-refractivity contribution >= 4 is 0 Å². The lowest BCUT2D eigenvalue weighted by Crippen LogP contribution is -2.46. The van der Waals surface area contributed by atoms with Gasteiger partial charge in [0.05, 0.1) is 12.2 Å². The quantitative estimate of drug-likeness (QED) is 0.605. The van der Waals surface area contributed by atoms with Gasteiger partial charge in [-0.25, -0.2) is 0 Å². The zero-order chi connectivity index (χ0) is 9.24. The van der Waals surface area contributed by atoms with Crippen LogP contribution in [-0.4, -0.2) is 23.9 Å². The molecule has 1 saturated heterocycles. The summed E-state index contributed by atoms with van der Waals surface area (Å²) in [4.78, 5) is 0. The van der Waals surface area contributed by atoms with Crippen LogP contribution in [-0.2, 0) is 4.74 Å². The van der Waals surface area contributed by atoms with Crippen molar-refractivity contribution in [3.05, 3.63) is 0 Å². The van der Waals surface area contributed by atoms with Crippen molar-refractivity contribution in [2.75, 3.05) is 13.2 Å². The van der Waals surface area contributed by atoms with Gasteiger partial charge in [0, 0.05) is 6.61 Å². The van der Waals surface area contributed by atoms with Crippen LogP contribution in [0.4, 0.5) is 0 Å². The van der Waals surface area contributed by atoms with Gasteiger partial charge in [-0.1, -0.05) is 20.8 Å². The van der Waals surface area contributed by atoms with Gasteiger partial charge in [-0.3, -0.25) is 0 Å². The maximum Gasteiger partial charge on any atom is 0.0928 e. The third-order valence-corrected chi connectivity index (χ3v) is 2.87. The maximum absolute atomic E-state index is 10.3. The van der Waals surface area contributed by atoms with Crippen LogP contribution in [0.1, 0.15) is 40.0 Å². The molecule has 0 aromatic carbocycles. The van der Waals surface area contributed by atoms with E-state index in [1.165, 1.54) is 0 Å². The summed E-state index contributed by atoms with van der Waals surface area (Å²) in [5, 5.41) is 10.3. The molecule has 12 heavy (non-hydrogen) atoms. The molecule has 0 saturated carbocycles. The fourth-order valence-electron chi connectivity index (χ4n) is 1.53. The zero-order valence-electron chi connectivity index (χ0n) is 8.39. The molecule has 0 aromatic rings. The average Bonchev–Trinajstić information content (AvgIpc) is 2.12. The summed E-state index contributed by atoms with van der Waals surface area (Å²) >= 11 is 0. The van der Waals surface area contributed by atoms with Gasteiger partial charge in [-0.05, 0) is 24.7 Å². The SMILES string of the molecule is CC(C)(C)C1(O)CCCCOC1. The monoisotopic (exact) mass is 172 g/mol. The van der Waals surface area contributed by atoms with Crippen LogP contribution >= 0.6 is 0 Å². The Balaban J connectivity index is 2.67. The lowest BCUT2D eigenvalue weighted by molar-refractivity contribution is -0.107. The molecule has 2 heteroatoms. The van der Waals surface area contributed by atoms with E-state index in [0.29, 0.717) is 6.61 Å². The lowest BCUT2D eigenvalue weighted by Gasteiger charge is -2.39. The molecule has 0 aromatic heterocycles. The molecule has 1 aliphatic rings. The van der Waals surface area contributed by atoms with E-state index < -0.39 is 5.60 Å². The summed E-state index contributed by atoms with van der Waals surface area (Å²) in [6.07, 6.45) is 3.03. The second-order valence-electron chi connectivity index (χ2n) is 4.79. The molecule has 1 unspecified atom stereocenters. The molecule has 2 nitrogen and oxygen atoms in total. The van der Waals surface area contributed by atoms with E-state index in [1.54, 1.807) is 0 Å². The Labute approximate surface area is 74.9 Å². The molecule has 0 aliphatic carbocycles. The van der Waals surface area contributed by atoms with Crippen molar-refractivity contribution in [1.82, 2.24) is 0 Å². The number of hydrogen-bond donors (Lipinski definition) is 1. The fourth-order valence-corrected chi connectivity index (χ4v) is 1.53. The molecule has 1 rings (SSSR count). The van der Waals surface area contributed by atoms with Crippen molar-refractivity contribution < 1.29 is 9.84 Å². The van der Waals surface area contributed by atoms with Gasteiger partial charge in [-0.15, -0.1) is 0 Å². The highest BCUT2D eigenvalue weighted by Gasteiger charge is 2.40. The molecule has 1 N–H and O–H groups in total. The Kier molecular flexibility index (Phi) is 2.79. The van der Waals surface area contributed by atoms with Crippen LogP contribution < -0.4 is 0 Å². The highest BCUT2D eigenvalue weighted by atomic mass is 16.5. The third kappa shape index (κ3) is 1.99. The van der Waals surface area contributed by atoms with E-state index in [-0.39, 0.29) is 5.41 Å². The standard InChI is InChI=1S/C10H20O2/c1-9(2,3)10(11)6-4-5-7-12-8-10/h11H,4-8H2,1-3H3. The van der Waals surface area contributed by atoms with E-state index in [1.807, 2.05) is 0 Å². The molecular weight excluding hydrogens is 152 g/mol. The van der Waals surface area contributed by atoms with Crippen LogP contribution in [0.15, 0.2) is 0 Å². The molecule has 1 fully saturated rings. The average molecular weight is 172 g/mol. The highest BCUT2D eigenvalue weighted by Crippen LogP contribution is 2.36. The highest BCUT2D eigenvalue weighted by molar-refractivity contribution is 4.91. The van der Waals surface area contributed by atoms with Crippen molar-refractivity contribution in [3.8, 4) is 0 Å². The van der Waals surface area contributed by atoms with E-state index >= 15 is 0 Å². The van der Waals surface area contributed by atoms with Crippen molar-refractivity contribution in [1.29, 1.82) is 0 Å². The van der Waals surface area contributed by atoms with E-state index in [2.05, 4.69) is 20.8 Å². The first-order valence-corrected chi connectivity index (χ1v) is 4.76. The number of aliphatic hydroxyl groups is 1. The zero-order valence-corrected chi connectivity index (χ0v) is 8.39. The minimum absolute atomic E-state index is 0.0721. The smallest absolute Gasteiger partial charge is 0.0928 e. The van der Waals surface area contributed by atoms with Gasteiger partial charge in [0.25, 0.3) is 0 Å². The minimum Gasteiger partial charge on any atom is -0.387 e. The van der Waals surface area contributed by atoms with Crippen molar-refractivity contribution in [2.45, 2.75) is 45.6 Å². The predicted octanol–water partition coefficient (Wildman–Crippen LogP) is 1.96. The summed E-state index contributed by atoms with van der Waals surface area (Å²) in [6.45, 7) is 7.51. The first kappa shape index (κ1) is 10.0. The molecule has 0 spiro atoms. The topological polar surface area (TPSA) is 29.5 Å². The molecule has 72 valence electrons. The fraction of sp³-hybridized carbons (Fsp3) is 1.00. The van der Waals surface area contributed by atoms with Crippen LogP contribution in [0, 0.1) is 5.41 Å². The normalized spacial score (nSPS) is 33.0. The van der Waals surface area contributed by atoms with E-state index in [9.17, 15) is 5.11 Å². The Morgan fingerprint density at radius 2 is 1.92 bits per heavy atom. The van der Waals surface area contributed by atoms with Crippen LogP contribution in [0.3, 0.4) is 0 Å². The number of ether oxygens (including phenoxy) is 1. The molecule has 1 aliphatic heterocycles. The second-order valence-corrected chi connectivity index (χ2v) is 4.79. The third-order valence-electron chi connectivity index (χ3n) is 2.87. The van der Waals surface area contributed by atoms with Gasteiger partial charge in [-0.2, -0.15) is 0 Å². The maximum atomic E-state index is 10.3. The van der Waals surface area contributed by atoms with E-state index in [0.717, 1.165) is 25.9 Å². The molecule has 0 radical (unpaired) electrons. The molecule has 0 bridgehead atoms. The van der Waals surface area contributed by atoms with Crippen LogP contribution in [0.25, 0.3) is 0 Å². The summed E-state index contributed by atoms with van der Waals surface area (Å²) in [5.74, 6) is 0. The number of hydrogen-bond acceptors (Lipinski definition) is 2. The second kappa shape index (κ2) is 3.35. The van der Waals surface area contributed by atoms with E-state index in [4.69, 9.17) is 4.74 Å². The summed E-state index contributed by atoms with van der Waals surface area (Å²) in [5.41, 5.74) is -0.694. The first-order valence-electron chi connectivity index (χ1n) is 4.76. The molecule has 1 atom stereocenters. The Hall–Kier alpha value is -0.0800. The molecule has 0 amide bonds. The van der Waals surface area contributed by atoms with Gasteiger partial charge in [0.2, 0.25) is 0 Å². The Morgan fingerprint density at radius 1 is 1.25 bits per heavy atom. The van der Waals surface area contributed by atoms with Gasteiger partial charge < -0.3 is 9.84 Å². The van der Waals surface area contributed by atoms with Crippen LogP contribution in [0.2, 0.25) is 0 Å². The van der Waals surface area contributed by atoms with Gasteiger partial charge in [0.15, 0.2) is 0 Å². The first-order chi connectivity index (χ1) is 5.46. The Morgan fingerprint density at radius 3 is 2.50 bits per heavy atom. The predicted molar refractivity (Wildman–Crippen MR) is 49.1 cm³/mol. The minimum atomic E-state index is -0.622. The van der Waals surface area contributed by atoms with Gasteiger partial charge >= 0.3 is 0 Å². The lowest BCUT2D eigenvalue weighted by atomic mass is 9.74. The molecular formula is C10H20O2. The largest absolute Gasteiger partial charge is 0.387 e. The van der Waals surface area contributed by atoms with Gasteiger partial charge in [0.1, 0.15) is 0 Å². The summed E-state index contributed by atoms with van der Waals surface area (Å²) in [7, 11) is 0. The van der Waals surface area contributed by atoms with Crippen molar-refractivity contribution in [2.24, 2.45) is 5.41 Å².